The van der Waals surface area contributed by atoms with Crippen molar-refractivity contribution in [2.45, 2.75) is 97.1 Å². The maximum absolute atomic E-state index is 11.9. The van der Waals surface area contributed by atoms with Gasteiger partial charge in [0.05, 0.1) is 50.6 Å². The van der Waals surface area contributed by atoms with E-state index in [0.717, 1.165) is 140 Å². The largest absolute Gasteiger partial charge is 0.379 e. The molecule has 0 radical (unpaired) electrons. The molecule has 0 unspecified atom stereocenters. The van der Waals surface area contributed by atoms with E-state index in [2.05, 4.69) is 59.5 Å². The van der Waals surface area contributed by atoms with Crippen molar-refractivity contribution in [3.63, 3.8) is 0 Å². The summed E-state index contributed by atoms with van der Waals surface area (Å²) in [5.41, 5.74) is 30.1. The van der Waals surface area contributed by atoms with E-state index in [4.69, 9.17) is 88.3 Å². The number of hydrogen-bond donors (Lipinski definition) is 4. The summed E-state index contributed by atoms with van der Waals surface area (Å²) >= 11 is 25.9. The average Bonchev–Trinajstić information content (AvgIpc) is 1.26. The molecule has 0 amide bonds. The molecule has 0 bridgehead atoms. The van der Waals surface area contributed by atoms with Crippen LogP contribution in [0.4, 0.5) is 47.1 Å². The van der Waals surface area contributed by atoms with Gasteiger partial charge in [0.1, 0.15) is 23.3 Å². The summed E-state index contributed by atoms with van der Waals surface area (Å²) in [6, 6.07) is 29.0. The van der Waals surface area contributed by atoms with Crippen LogP contribution in [0.1, 0.15) is 94.9 Å². The third kappa shape index (κ3) is 20.7. The molecular formula is C68H84Cl4N16O8S4. The number of benzene rings is 4. The molecule has 32 heteroatoms. The zero-order valence-electron chi connectivity index (χ0n) is 56.9. The van der Waals surface area contributed by atoms with Crippen molar-refractivity contribution in [2.24, 2.45) is 0 Å². The van der Waals surface area contributed by atoms with Gasteiger partial charge in [-0.05, 0) is 148 Å². The molecular weight excluding hydrogens is 1440 g/mol. The van der Waals surface area contributed by atoms with Gasteiger partial charge in [-0.25, -0.2) is 19.9 Å². The number of nitrogen functional groups attached to an aromatic ring is 4. The zero-order valence-corrected chi connectivity index (χ0v) is 63.2. The number of aryl methyl sites for hydroxylation is 4. The summed E-state index contributed by atoms with van der Waals surface area (Å²) in [6.07, 6.45) is 10.1. The Labute approximate surface area is 613 Å². The number of anilines is 8. The molecule has 8 heterocycles. The molecule has 0 saturated carbocycles. The normalized spacial score (nSPS) is 19.5. The SMILES string of the molecule is Cc1cc(N2CCCOC[C@@H]2c2cc([S@@](C)=O)ccc2Cl)nc(N)n1.Cc1cc(N2CCCOC[C@@H]2c2cc([S@](C)=O)ccc2Cl)nc(N)n1.Cc1cc(N2CCCOC[C@H]2c2cc([S@@](C)=O)ccc2Cl)nc(N)n1.Cc1cc(N2CCCOC[C@H]2c2cc([S@](C)=O)ccc2Cl)nc(N)n1. The fourth-order valence-electron chi connectivity index (χ4n) is 11.9. The van der Waals surface area contributed by atoms with Crippen LogP contribution < -0.4 is 42.5 Å². The van der Waals surface area contributed by atoms with Crippen LogP contribution in [0, 0.1) is 27.7 Å². The Morgan fingerprint density at radius 2 is 0.540 bits per heavy atom. The molecule has 4 fully saturated rings. The van der Waals surface area contributed by atoms with Gasteiger partial charge in [-0.2, -0.15) is 19.9 Å². The van der Waals surface area contributed by atoms with E-state index < -0.39 is 43.2 Å². The van der Waals surface area contributed by atoms with Crippen LogP contribution in [0.5, 0.6) is 0 Å². The van der Waals surface area contributed by atoms with E-state index >= 15 is 0 Å². The fraction of sp³-hybridized carbons (Fsp3) is 0.412. The highest BCUT2D eigenvalue weighted by Gasteiger charge is 2.32. The molecule has 4 aromatic heterocycles. The molecule has 0 spiro atoms. The lowest BCUT2D eigenvalue weighted by Crippen LogP contribution is -2.32. The van der Waals surface area contributed by atoms with Crippen LogP contribution >= 0.6 is 46.4 Å². The van der Waals surface area contributed by atoms with E-state index in [1.165, 1.54) is 0 Å². The van der Waals surface area contributed by atoms with Crippen LogP contribution in [-0.4, -0.2) is 161 Å². The van der Waals surface area contributed by atoms with Crippen molar-refractivity contribution in [1.29, 1.82) is 0 Å². The van der Waals surface area contributed by atoms with Crippen LogP contribution in [0.3, 0.4) is 0 Å². The van der Waals surface area contributed by atoms with Crippen molar-refractivity contribution in [3.05, 3.63) is 162 Å². The second-order valence-corrected chi connectivity index (χ2v) is 31.2. The smallest absolute Gasteiger partial charge is 0.222 e. The standard InChI is InChI=1S/4C17H21ClN4O2S/c4*1-11-8-16(21-17(19)20-11)22-6-3-7-24-10-15(22)13-9-12(25(2)23)4-5-14(13)18/h4*4-5,8-9,15H,3,6-7,10H2,1-2H3,(H2,19,20,21)/t2*15-,25+;2*15-,25-/m1010/s1. The Morgan fingerprint density at radius 3 is 0.720 bits per heavy atom. The molecule has 8 N–H and O–H groups in total. The van der Waals surface area contributed by atoms with Gasteiger partial charge in [0.25, 0.3) is 0 Å². The molecule has 4 aliphatic rings. The van der Waals surface area contributed by atoms with Crippen molar-refractivity contribution in [3.8, 4) is 0 Å². The van der Waals surface area contributed by atoms with Crippen LogP contribution in [0.2, 0.25) is 20.1 Å². The molecule has 4 aliphatic heterocycles. The highest BCUT2D eigenvalue weighted by molar-refractivity contribution is 7.85. The average molecular weight is 1520 g/mol. The van der Waals surface area contributed by atoms with Crippen molar-refractivity contribution in [1.82, 2.24) is 39.9 Å². The maximum atomic E-state index is 11.9. The minimum atomic E-state index is -1.08. The minimum absolute atomic E-state index is 0.132. The third-order valence-electron chi connectivity index (χ3n) is 16.6. The summed E-state index contributed by atoms with van der Waals surface area (Å²) < 4.78 is 70.7. The van der Waals surface area contributed by atoms with Crippen molar-refractivity contribution >= 4 is 137 Å². The van der Waals surface area contributed by atoms with Crippen molar-refractivity contribution < 1.29 is 35.8 Å². The molecule has 4 aromatic carbocycles. The highest BCUT2D eigenvalue weighted by Crippen LogP contribution is 2.39. The highest BCUT2D eigenvalue weighted by atomic mass is 35.5. The zero-order chi connectivity index (χ0) is 71.9. The van der Waals surface area contributed by atoms with Crippen LogP contribution in [0.15, 0.2) is 117 Å². The number of ether oxygens (including phenoxy) is 4. The lowest BCUT2D eigenvalue weighted by Gasteiger charge is -2.31. The molecule has 8 atom stereocenters. The van der Waals surface area contributed by atoms with Gasteiger partial charge in [-0.1, -0.05) is 46.4 Å². The summed E-state index contributed by atoms with van der Waals surface area (Å²) in [7, 11) is -4.33. The number of halogens is 4. The predicted octanol–water partition coefficient (Wildman–Crippen LogP) is 10.9. The summed E-state index contributed by atoms with van der Waals surface area (Å²) in [5.74, 6) is 3.97. The van der Waals surface area contributed by atoms with E-state index in [1.807, 2.05) is 76.2 Å². The maximum Gasteiger partial charge on any atom is 0.222 e. The predicted molar refractivity (Wildman–Crippen MR) is 402 cm³/mol. The third-order valence-corrected chi connectivity index (χ3v) is 21.6. The first-order chi connectivity index (χ1) is 47.8. The Morgan fingerprint density at radius 1 is 0.340 bits per heavy atom. The quantitative estimate of drug-likeness (QED) is 0.0883. The van der Waals surface area contributed by atoms with Gasteiger partial charge < -0.3 is 61.5 Å². The van der Waals surface area contributed by atoms with Gasteiger partial charge in [0.2, 0.25) is 23.8 Å². The van der Waals surface area contributed by atoms with E-state index in [0.29, 0.717) is 72.9 Å². The minimum Gasteiger partial charge on any atom is -0.379 e. The Bertz CT molecular complexity index is 3660. The first-order valence-electron chi connectivity index (χ1n) is 32.2. The molecule has 0 aliphatic carbocycles. The number of rotatable bonds is 12. The fourth-order valence-corrected chi connectivity index (χ4v) is 15.1. The number of aromatic nitrogens is 8. The van der Waals surface area contributed by atoms with E-state index in [-0.39, 0.29) is 48.0 Å². The Kier molecular flexibility index (Phi) is 28.1. The van der Waals surface area contributed by atoms with Gasteiger partial charge >= 0.3 is 0 Å². The molecule has 24 nitrogen and oxygen atoms in total. The summed E-state index contributed by atoms with van der Waals surface area (Å²) in [4.78, 5) is 45.7. The van der Waals surface area contributed by atoms with Crippen LogP contribution in [0.25, 0.3) is 0 Å². The van der Waals surface area contributed by atoms with Gasteiger partial charge in [0, 0.05) is 208 Å². The molecule has 4 saturated heterocycles. The van der Waals surface area contributed by atoms with Crippen LogP contribution in [-0.2, 0) is 62.1 Å². The van der Waals surface area contributed by atoms with E-state index in [9.17, 15) is 16.8 Å². The molecule has 536 valence electrons. The lowest BCUT2D eigenvalue weighted by atomic mass is 10.1. The number of hydrogen-bond acceptors (Lipinski definition) is 24. The van der Waals surface area contributed by atoms with Crippen molar-refractivity contribution in [2.75, 3.05) is 147 Å². The number of nitrogens with two attached hydrogens (primary N) is 4. The lowest BCUT2D eigenvalue weighted by molar-refractivity contribution is 0.134. The molecule has 8 aromatic rings. The van der Waals surface area contributed by atoms with Gasteiger partial charge in [-0.3, -0.25) is 16.8 Å². The molecule has 100 heavy (non-hydrogen) atoms. The first kappa shape index (κ1) is 77.4. The van der Waals surface area contributed by atoms with Gasteiger partial charge in [-0.15, -0.1) is 0 Å². The molecule has 12 rings (SSSR count). The second kappa shape index (κ2) is 36.4. The van der Waals surface area contributed by atoms with Gasteiger partial charge in [0.15, 0.2) is 0 Å². The Hall–Kier alpha value is -6.80. The first-order valence-corrected chi connectivity index (χ1v) is 39.9. The monoisotopic (exact) mass is 1520 g/mol. The Balaban J connectivity index is 0.000000156. The topological polar surface area (TPSA) is 325 Å². The second-order valence-electron chi connectivity index (χ2n) is 24.0. The summed E-state index contributed by atoms with van der Waals surface area (Å²) in [5, 5.41) is 2.48. The van der Waals surface area contributed by atoms with E-state index in [1.54, 1.807) is 73.6 Å². The summed E-state index contributed by atoms with van der Waals surface area (Å²) in [6.45, 7) is 15.2. The number of nitrogens with zero attached hydrogens (tertiary/aromatic N) is 12.